The molecule has 4 aromatic rings. The molecule has 4 heterocycles. The largest absolute Gasteiger partial charge is 0.507 e. The Kier molecular flexibility index (Phi) is 5.20. The predicted molar refractivity (Wildman–Crippen MR) is 128 cm³/mol. The van der Waals surface area contributed by atoms with Gasteiger partial charge < -0.3 is 15.3 Å². The summed E-state index contributed by atoms with van der Waals surface area (Å²) in [6.07, 6.45) is 6.28. The highest BCUT2D eigenvalue weighted by Gasteiger charge is 2.27. The quantitative estimate of drug-likeness (QED) is 0.495. The predicted octanol–water partition coefficient (Wildman–Crippen LogP) is 3.16. The first-order chi connectivity index (χ1) is 15.8. The van der Waals surface area contributed by atoms with Crippen LogP contribution in [0.2, 0.25) is 0 Å². The van der Waals surface area contributed by atoms with E-state index in [1.165, 1.54) is 0 Å². The molecule has 1 fully saturated rings. The normalized spacial score (nSPS) is 16.6. The van der Waals surface area contributed by atoms with Crippen molar-refractivity contribution in [3.8, 4) is 28.1 Å². The maximum atomic E-state index is 10.7. The minimum absolute atomic E-state index is 0.0765. The van der Waals surface area contributed by atoms with Crippen LogP contribution in [0.25, 0.3) is 33.4 Å². The molecule has 0 amide bonds. The Morgan fingerprint density at radius 1 is 1.03 bits per heavy atom. The van der Waals surface area contributed by atoms with Gasteiger partial charge in [0.25, 0.3) is 0 Å². The zero-order chi connectivity index (χ0) is 23.2. The third-order valence-electron chi connectivity index (χ3n) is 5.84. The van der Waals surface area contributed by atoms with Gasteiger partial charge in [0.1, 0.15) is 11.4 Å². The van der Waals surface area contributed by atoms with Crippen LogP contribution in [0, 0.1) is 0 Å². The average molecular weight is 445 g/mol. The standard InChI is InChI=1S/C24H28N8O/c1-24(2,3)28-18-7-8-32(14-18)23-26-13-20(29-30-23)19-6-5-15(10-21(19)33)16-9-17-12-27-31(4)22(17)25-11-16/h5-6,9-13,18,28,33H,7-8,14H2,1-4H3. The summed E-state index contributed by atoms with van der Waals surface area (Å²) in [4.78, 5) is 11.1. The second kappa shape index (κ2) is 8.08. The Hall–Kier alpha value is -3.59. The lowest BCUT2D eigenvalue weighted by molar-refractivity contribution is 0.373. The molecule has 33 heavy (non-hydrogen) atoms. The van der Waals surface area contributed by atoms with Crippen molar-refractivity contribution in [2.45, 2.75) is 38.8 Å². The number of nitrogens with one attached hydrogen (secondary N) is 1. The fourth-order valence-electron chi connectivity index (χ4n) is 4.34. The number of phenols is 1. The van der Waals surface area contributed by atoms with Crippen molar-refractivity contribution in [2.24, 2.45) is 7.05 Å². The Balaban J connectivity index is 1.33. The first-order valence-electron chi connectivity index (χ1n) is 11.1. The van der Waals surface area contributed by atoms with Gasteiger partial charge in [0.2, 0.25) is 5.95 Å². The zero-order valence-electron chi connectivity index (χ0n) is 19.3. The number of fused-ring (bicyclic) bond motifs is 1. The van der Waals surface area contributed by atoms with Crippen molar-refractivity contribution >= 4 is 17.0 Å². The van der Waals surface area contributed by atoms with Gasteiger partial charge in [-0.15, -0.1) is 10.2 Å². The number of benzene rings is 1. The highest BCUT2D eigenvalue weighted by Crippen LogP contribution is 2.33. The summed E-state index contributed by atoms with van der Waals surface area (Å²) >= 11 is 0. The number of aryl methyl sites for hydroxylation is 1. The van der Waals surface area contributed by atoms with Crippen LogP contribution in [0.1, 0.15) is 27.2 Å². The highest BCUT2D eigenvalue weighted by atomic mass is 16.3. The maximum Gasteiger partial charge on any atom is 0.245 e. The molecule has 0 radical (unpaired) electrons. The minimum Gasteiger partial charge on any atom is -0.507 e. The molecule has 2 N–H and O–H groups in total. The third kappa shape index (κ3) is 4.36. The topological polar surface area (TPSA) is 105 Å². The lowest BCUT2D eigenvalue weighted by Crippen LogP contribution is -2.45. The second-order valence-corrected chi connectivity index (χ2v) is 9.61. The van der Waals surface area contributed by atoms with E-state index in [0.717, 1.165) is 41.7 Å². The SMILES string of the molecule is Cn1ncc2cc(-c3ccc(-c4cnc(N5CCC(NC(C)(C)C)C5)nn4)c(O)c3)cnc21. The molecule has 1 atom stereocenters. The lowest BCUT2D eigenvalue weighted by Gasteiger charge is -2.25. The number of nitrogens with zero attached hydrogens (tertiary/aromatic N) is 7. The highest BCUT2D eigenvalue weighted by molar-refractivity contribution is 5.82. The Labute approximate surface area is 192 Å². The van der Waals surface area contributed by atoms with E-state index in [0.29, 0.717) is 23.2 Å². The van der Waals surface area contributed by atoms with E-state index in [2.05, 4.69) is 56.3 Å². The van der Waals surface area contributed by atoms with Crippen LogP contribution < -0.4 is 10.2 Å². The molecule has 0 bridgehead atoms. The van der Waals surface area contributed by atoms with E-state index in [9.17, 15) is 5.11 Å². The fraction of sp³-hybridized carbons (Fsp3) is 0.375. The summed E-state index contributed by atoms with van der Waals surface area (Å²) in [5, 5.41) is 28.2. The summed E-state index contributed by atoms with van der Waals surface area (Å²) < 4.78 is 1.73. The average Bonchev–Trinajstić information content (AvgIpc) is 3.39. The van der Waals surface area contributed by atoms with Gasteiger partial charge in [-0.3, -0.25) is 4.68 Å². The lowest BCUT2D eigenvalue weighted by atomic mass is 10.0. The summed E-state index contributed by atoms with van der Waals surface area (Å²) in [5.41, 5.74) is 3.79. The Bertz CT molecular complexity index is 1290. The van der Waals surface area contributed by atoms with Gasteiger partial charge >= 0.3 is 0 Å². The van der Waals surface area contributed by atoms with Crippen molar-refractivity contribution in [1.82, 2.24) is 35.3 Å². The fourth-order valence-corrected chi connectivity index (χ4v) is 4.34. The van der Waals surface area contributed by atoms with Crippen LogP contribution in [-0.4, -0.2) is 59.7 Å². The minimum atomic E-state index is 0.0765. The number of aromatic nitrogens is 6. The molecule has 0 aliphatic carbocycles. The number of pyridine rings is 1. The smallest absolute Gasteiger partial charge is 0.245 e. The Morgan fingerprint density at radius 2 is 1.88 bits per heavy atom. The van der Waals surface area contributed by atoms with Gasteiger partial charge in [0.15, 0.2) is 5.65 Å². The van der Waals surface area contributed by atoms with E-state index >= 15 is 0 Å². The summed E-state index contributed by atoms with van der Waals surface area (Å²) in [6, 6.07) is 7.91. The molecule has 0 spiro atoms. The molecule has 9 nitrogen and oxygen atoms in total. The first-order valence-corrected chi connectivity index (χ1v) is 11.1. The molecule has 170 valence electrons. The summed E-state index contributed by atoms with van der Waals surface area (Å²) in [5.74, 6) is 0.738. The van der Waals surface area contributed by atoms with Crippen molar-refractivity contribution in [3.63, 3.8) is 0 Å². The third-order valence-corrected chi connectivity index (χ3v) is 5.84. The first kappa shape index (κ1) is 21.3. The van der Waals surface area contributed by atoms with E-state index in [4.69, 9.17) is 0 Å². The molecule has 0 saturated carbocycles. The van der Waals surface area contributed by atoms with Gasteiger partial charge in [-0.05, 0) is 51.0 Å². The molecule has 1 aliphatic rings. The molecule has 1 aromatic carbocycles. The number of hydrogen-bond donors (Lipinski definition) is 2. The van der Waals surface area contributed by atoms with Crippen molar-refractivity contribution in [2.75, 3.05) is 18.0 Å². The van der Waals surface area contributed by atoms with Crippen molar-refractivity contribution in [3.05, 3.63) is 42.9 Å². The summed E-state index contributed by atoms with van der Waals surface area (Å²) in [6.45, 7) is 8.27. The number of aromatic hydroxyl groups is 1. The van der Waals surface area contributed by atoms with Gasteiger partial charge in [0.05, 0.1) is 12.4 Å². The molecule has 3 aromatic heterocycles. The van der Waals surface area contributed by atoms with Crippen LogP contribution in [0.5, 0.6) is 5.75 Å². The van der Waals surface area contributed by atoms with E-state index in [-0.39, 0.29) is 11.3 Å². The van der Waals surface area contributed by atoms with E-state index in [1.54, 1.807) is 29.3 Å². The van der Waals surface area contributed by atoms with Crippen LogP contribution in [-0.2, 0) is 7.05 Å². The van der Waals surface area contributed by atoms with Crippen molar-refractivity contribution < 1.29 is 5.11 Å². The molecule has 1 unspecified atom stereocenters. The molecule has 1 saturated heterocycles. The maximum absolute atomic E-state index is 10.7. The van der Waals surface area contributed by atoms with Crippen molar-refractivity contribution in [1.29, 1.82) is 0 Å². The Morgan fingerprint density at radius 3 is 2.61 bits per heavy atom. The monoisotopic (exact) mass is 444 g/mol. The van der Waals surface area contributed by atoms with Crippen LogP contribution in [0.15, 0.2) is 42.9 Å². The number of phenolic OH excluding ortho intramolecular Hbond substituents is 1. The molecular weight excluding hydrogens is 416 g/mol. The molecular formula is C24H28N8O. The molecule has 9 heteroatoms. The van der Waals surface area contributed by atoms with Gasteiger partial charge in [-0.25, -0.2) is 9.97 Å². The van der Waals surface area contributed by atoms with Crippen LogP contribution in [0.3, 0.4) is 0 Å². The number of anilines is 1. The molecule has 1 aliphatic heterocycles. The summed E-state index contributed by atoms with van der Waals surface area (Å²) in [7, 11) is 1.86. The number of rotatable bonds is 4. The van der Waals surface area contributed by atoms with E-state index < -0.39 is 0 Å². The van der Waals surface area contributed by atoms with Gasteiger partial charge in [0, 0.05) is 54.4 Å². The van der Waals surface area contributed by atoms with Gasteiger partial charge in [-0.1, -0.05) is 6.07 Å². The number of hydrogen-bond acceptors (Lipinski definition) is 8. The zero-order valence-corrected chi connectivity index (χ0v) is 19.3. The molecule has 5 rings (SSSR count). The van der Waals surface area contributed by atoms with Crippen LogP contribution >= 0.6 is 0 Å². The second-order valence-electron chi connectivity index (χ2n) is 9.61. The van der Waals surface area contributed by atoms with Crippen LogP contribution in [0.4, 0.5) is 5.95 Å². The van der Waals surface area contributed by atoms with E-state index in [1.807, 2.05) is 25.2 Å². The van der Waals surface area contributed by atoms with Gasteiger partial charge in [-0.2, -0.15) is 5.10 Å².